The maximum atomic E-state index is 11.7. The van der Waals surface area contributed by atoms with E-state index in [9.17, 15) is 9.59 Å². The van der Waals surface area contributed by atoms with Gasteiger partial charge in [-0.2, -0.15) is 0 Å². The van der Waals surface area contributed by atoms with E-state index in [1.165, 1.54) is 0 Å². The highest BCUT2D eigenvalue weighted by Gasteiger charge is 2.27. The predicted octanol–water partition coefficient (Wildman–Crippen LogP) is 2.01. The average Bonchev–Trinajstić information content (AvgIpc) is 2.36. The van der Waals surface area contributed by atoms with E-state index >= 15 is 0 Å². The Balaban J connectivity index is 2.83. The van der Waals surface area contributed by atoms with Crippen molar-refractivity contribution >= 4 is 11.8 Å². The first-order valence-corrected chi connectivity index (χ1v) is 6.59. The number of allylic oxidation sites excluding steroid dienone is 1. The lowest BCUT2D eigenvalue weighted by Crippen LogP contribution is -2.21. The van der Waals surface area contributed by atoms with Gasteiger partial charge in [-0.15, -0.1) is 0 Å². The first-order valence-electron chi connectivity index (χ1n) is 6.59. The SMILES string of the molecule is CCOC(=O)/C(C)=C1/CCC(=O)C[C@H]1CCCO. The molecule has 102 valence electrons. The second-order valence-corrected chi connectivity index (χ2v) is 4.68. The summed E-state index contributed by atoms with van der Waals surface area (Å²) in [5.41, 5.74) is 1.69. The van der Waals surface area contributed by atoms with E-state index in [2.05, 4.69) is 0 Å². The summed E-state index contributed by atoms with van der Waals surface area (Å²) < 4.78 is 5.01. The molecule has 1 saturated carbocycles. The number of ether oxygens (including phenoxy) is 1. The lowest BCUT2D eigenvalue weighted by atomic mass is 9.79. The van der Waals surface area contributed by atoms with Gasteiger partial charge in [0.25, 0.3) is 0 Å². The number of rotatable bonds is 5. The topological polar surface area (TPSA) is 63.6 Å². The highest BCUT2D eigenvalue weighted by Crippen LogP contribution is 2.33. The Bertz CT molecular complexity index is 344. The molecular weight excluding hydrogens is 232 g/mol. The van der Waals surface area contributed by atoms with Crippen molar-refractivity contribution in [3.63, 3.8) is 0 Å². The van der Waals surface area contributed by atoms with Gasteiger partial charge in [-0.1, -0.05) is 5.57 Å². The number of hydrogen-bond acceptors (Lipinski definition) is 4. The van der Waals surface area contributed by atoms with Crippen molar-refractivity contribution in [1.29, 1.82) is 0 Å². The molecular formula is C14H22O4. The van der Waals surface area contributed by atoms with Crippen LogP contribution >= 0.6 is 0 Å². The molecule has 4 heteroatoms. The molecule has 1 atom stereocenters. The minimum atomic E-state index is -0.282. The summed E-state index contributed by atoms with van der Waals surface area (Å²) in [6.07, 6.45) is 3.08. The molecule has 0 radical (unpaired) electrons. The number of esters is 1. The number of ketones is 1. The minimum Gasteiger partial charge on any atom is -0.463 e. The zero-order chi connectivity index (χ0) is 13.5. The largest absolute Gasteiger partial charge is 0.463 e. The summed E-state index contributed by atoms with van der Waals surface area (Å²) in [6, 6.07) is 0. The normalized spacial score (nSPS) is 22.8. The Morgan fingerprint density at radius 1 is 1.44 bits per heavy atom. The van der Waals surface area contributed by atoms with Crippen LogP contribution in [0.3, 0.4) is 0 Å². The molecule has 0 aromatic rings. The smallest absolute Gasteiger partial charge is 0.333 e. The van der Waals surface area contributed by atoms with Crippen LogP contribution in [-0.4, -0.2) is 30.1 Å². The molecule has 0 aliphatic heterocycles. The third kappa shape index (κ3) is 3.95. The minimum absolute atomic E-state index is 0.0998. The zero-order valence-corrected chi connectivity index (χ0v) is 11.2. The van der Waals surface area contributed by atoms with Crippen molar-refractivity contribution in [3.05, 3.63) is 11.1 Å². The molecule has 1 N–H and O–H groups in total. The van der Waals surface area contributed by atoms with Crippen molar-refractivity contribution in [2.45, 2.75) is 46.0 Å². The van der Waals surface area contributed by atoms with Gasteiger partial charge in [0.05, 0.1) is 6.61 Å². The maximum absolute atomic E-state index is 11.7. The average molecular weight is 254 g/mol. The summed E-state index contributed by atoms with van der Waals surface area (Å²) in [4.78, 5) is 23.2. The Kier molecular flexibility index (Phi) is 6.05. The van der Waals surface area contributed by atoms with Crippen molar-refractivity contribution in [2.24, 2.45) is 5.92 Å². The number of aliphatic hydroxyl groups excluding tert-OH is 1. The highest BCUT2D eigenvalue weighted by molar-refractivity contribution is 5.90. The van der Waals surface area contributed by atoms with Crippen molar-refractivity contribution in [3.8, 4) is 0 Å². The quantitative estimate of drug-likeness (QED) is 0.602. The number of aliphatic hydroxyl groups is 1. The van der Waals surface area contributed by atoms with Crippen molar-refractivity contribution in [2.75, 3.05) is 13.2 Å². The second kappa shape index (κ2) is 7.31. The number of Topliss-reactive ketones (excluding diaryl/α,β-unsaturated/α-hetero) is 1. The molecule has 1 rings (SSSR count). The van der Waals surface area contributed by atoms with Gasteiger partial charge < -0.3 is 9.84 Å². The van der Waals surface area contributed by atoms with E-state index in [4.69, 9.17) is 9.84 Å². The summed E-state index contributed by atoms with van der Waals surface area (Å²) in [5, 5.41) is 8.89. The Morgan fingerprint density at radius 3 is 2.78 bits per heavy atom. The lowest BCUT2D eigenvalue weighted by Gasteiger charge is -2.26. The molecule has 1 aliphatic rings. The van der Waals surface area contributed by atoms with E-state index in [1.54, 1.807) is 13.8 Å². The summed E-state index contributed by atoms with van der Waals surface area (Å²) in [6.45, 7) is 4.04. The van der Waals surface area contributed by atoms with Gasteiger partial charge in [0.1, 0.15) is 5.78 Å². The van der Waals surface area contributed by atoms with Crippen LogP contribution in [0.5, 0.6) is 0 Å². The van der Waals surface area contributed by atoms with E-state index in [1.807, 2.05) is 0 Å². The molecule has 18 heavy (non-hydrogen) atoms. The maximum Gasteiger partial charge on any atom is 0.333 e. The van der Waals surface area contributed by atoms with Crippen molar-refractivity contribution < 1.29 is 19.4 Å². The third-order valence-corrected chi connectivity index (χ3v) is 3.41. The third-order valence-electron chi connectivity index (χ3n) is 3.41. The molecule has 4 nitrogen and oxygen atoms in total. The summed E-state index contributed by atoms with van der Waals surface area (Å²) in [7, 11) is 0. The zero-order valence-electron chi connectivity index (χ0n) is 11.2. The Morgan fingerprint density at radius 2 is 2.17 bits per heavy atom. The molecule has 0 spiro atoms. The predicted molar refractivity (Wildman–Crippen MR) is 68.0 cm³/mol. The van der Waals surface area contributed by atoms with Crippen LogP contribution in [-0.2, 0) is 14.3 Å². The fourth-order valence-corrected chi connectivity index (χ4v) is 2.46. The molecule has 0 aromatic heterocycles. The number of carbonyl (C=O) groups is 2. The standard InChI is InChI=1S/C14H22O4/c1-3-18-14(17)10(2)13-7-6-12(16)9-11(13)5-4-8-15/h11,15H,3-9H2,1-2H3/b13-10-/t11-/m1/s1. The molecule has 0 saturated heterocycles. The van der Waals surface area contributed by atoms with Gasteiger partial charge in [0.2, 0.25) is 0 Å². The van der Waals surface area contributed by atoms with Crippen LogP contribution in [0.2, 0.25) is 0 Å². The van der Waals surface area contributed by atoms with Gasteiger partial charge in [-0.25, -0.2) is 4.79 Å². The lowest BCUT2D eigenvalue weighted by molar-refractivity contribution is -0.138. The van der Waals surface area contributed by atoms with Crippen LogP contribution < -0.4 is 0 Å². The molecule has 0 heterocycles. The highest BCUT2D eigenvalue weighted by atomic mass is 16.5. The molecule has 0 amide bonds. The van der Waals surface area contributed by atoms with Crippen molar-refractivity contribution in [1.82, 2.24) is 0 Å². The van der Waals surface area contributed by atoms with Gasteiger partial charge >= 0.3 is 5.97 Å². The van der Waals surface area contributed by atoms with Crippen LogP contribution in [0.1, 0.15) is 46.0 Å². The summed E-state index contributed by atoms with van der Waals surface area (Å²) in [5.74, 6) is 0.0667. The molecule has 1 aliphatic carbocycles. The van der Waals surface area contributed by atoms with E-state index in [0.717, 1.165) is 12.0 Å². The van der Waals surface area contributed by atoms with Crippen LogP contribution in [0.15, 0.2) is 11.1 Å². The van der Waals surface area contributed by atoms with Gasteiger partial charge in [-0.05, 0) is 39.0 Å². The van der Waals surface area contributed by atoms with Gasteiger partial charge in [-0.3, -0.25) is 4.79 Å². The fourth-order valence-electron chi connectivity index (χ4n) is 2.46. The molecule has 0 aromatic carbocycles. The monoisotopic (exact) mass is 254 g/mol. The first kappa shape index (κ1) is 14.9. The first-order chi connectivity index (χ1) is 8.60. The summed E-state index contributed by atoms with van der Waals surface area (Å²) >= 11 is 0. The van der Waals surface area contributed by atoms with Crippen LogP contribution in [0, 0.1) is 5.92 Å². The van der Waals surface area contributed by atoms with E-state index in [-0.39, 0.29) is 24.3 Å². The molecule has 0 unspecified atom stereocenters. The second-order valence-electron chi connectivity index (χ2n) is 4.68. The molecule has 0 bridgehead atoms. The van der Waals surface area contributed by atoms with Gasteiger partial charge in [0.15, 0.2) is 0 Å². The number of hydrogen-bond donors (Lipinski definition) is 1. The number of carbonyl (C=O) groups excluding carboxylic acids is 2. The Hall–Kier alpha value is -1.16. The Labute approximate surface area is 108 Å². The molecule has 1 fully saturated rings. The fraction of sp³-hybridized carbons (Fsp3) is 0.714. The van der Waals surface area contributed by atoms with E-state index in [0.29, 0.717) is 37.9 Å². The van der Waals surface area contributed by atoms with Gasteiger partial charge in [0, 0.05) is 25.0 Å². The van der Waals surface area contributed by atoms with Crippen LogP contribution in [0.4, 0.5) is 0 Å². The van der Waals surface area contributed by atoms with E-state index < -0.39 is 0 Å². The van der Waals surface area contributed by atoms with Crippen LogP contribution in [0.25, 0.3) is 0 Å².